The van der Waals surface area contributed by atoms with Gasteiger partial charge in [-0.2, -0.15) is 0 Å². The Kier molecular flexibility index (Phi) is 7.14. The van der Waals surface area contributed by atoms with Crippen LogP contribution in [0.1, 0.15) is 45.0 Å². The third-order valence-corrected chi connectivity index (χ3v) is 7.13. The average molecular weight is 527 g/mol. The second kappa shape index (κ2) is 10.1. The molecule has 1 amide bonds. The molecule has 0 aliphatic carbocycles. The van der Waals surface area contributed by atoms with Gasteiger partial charge in [-0.05, 0) is 62.2 Å². The van der Waals surface area contributed by atoms with Crippen molar-refractivity contribution in [1.82, 2.24) is 4.98 Å². The number of halogens is 1. The quantitative estimate of drug-likeness (QED) is 0.203. The Morgan fingerprint density at radius 1 is 1.17 bits per heavy atom. The van der Waals surface area contributed by atoms with Gasteiger partial charge in [0.25, 0.3) is 5.78 Å². The number of thiazole rings is 1. The first-order chi connectivity index (χ1) is 17.2. The van der Waals surface area contributed by atoms with Crippen molar-refractivity contribution in [2.24, 2.45) is 0 Å². The first-order valence-electron chi connectivity index (χ1n) is 11.0. The predicted octanol–water partition coefficient (Wildman–Crippen LogP) is 5.22. The van der Waals surface area contributed by atoms with Crippen molar-refractivity contribution < 1.29 is 29.0 Å². The number of hydrogen-bond acceptors (Lipinski definition) is 8. The number of carbonyl (C=O) groups excluding carboxylic acids is 3. The summed E-state index contributed by atoms with van der Waals surface area (Å²) in [4.78, 5) is 44.6. The first-order valence-corrected chi connectivity index (χ1v) is 12.2. The van der Waals surface area contributed by atoms with Crippen LogP contribution >= 0.6 is 22.9 Å². The van der Waals surface area contributed by atoms with Crippen molar-refractivity contribution in [3.05, 3.63) is 80.3 Å². The Morgan fingerprint density at radius 2 is 1.86 bits per heavy atom. The number of hydrogen-bond donors (Lipinski definition) is 1. The van der Waals surface area contributed by atoms with E-state index >= 15 is 0 Å². The number of esters is 1. The van der Waals surface area contributed by atoms with Crippen LogP contribution in [-0.2, 0) is 14.3 Å². The van der Waals surface area contributed by atoms with Crippen molar-refractivity contribution in [3.63, 3.8) is 0 Å². The molecule has 1 N–H and O–H groups in total. The minimum Gasteiger partial charge on any atom is -0.507 e. The van der Waals surface area contributed by atoms with E-state index < -0.39 is 23.7 Å². The molecule has 4 rings (SSSR count). The molecule has 0 unspecified atom stereocenters. The maximum absolute atomic E-state index is 13.3. The molecule has 2 heterocycles. The molecule has 1 saturated heterocycles. The molecule has 2 aromatic carbocycles. The Balaban J connectivity index is 1.91. The zero-order valence-electron chi connectivity index (χ0n) is 20.0. The van der Waals surface area contributed by atoms with Gasteiger partial charge in [0.15, 0.2) is 5.13 Å². The molecule has 1 aliphatic heterocycles. The standard InChI is InChI=1S/C26H23ClN2O6S/c1-5-35-18-11-8-16(12-13(18)2)21(30)19-20(15-6-9-17(27)10-7-15)29(24(32)22(19)31)26-28-14(3)23(36-26)25(33)34-4/h6-12,20,30H,5H2,1-4H3/t20-/m1/s1. The number of anilines is 1. The number of ether oxygens (including phenoxy) is 2. The number of nitrogens with zero attached hydrogens (tertiary/aromatic N) is 2. The van der Waals surface area contributed by atoms with Crippen LogP contribution in [0.25, 0.3) is 5.76 Å². The van der Waals surface area contributed by atoms with Crippen LogP contribution in [0.2, 0.25) is 5.02 Å². The Bertz CT molecular complexity index is 1400. The molecule has 3 aromatic rings. The van der Waals surface area contributed by atoms with E-state index in [0.717, 1.165) is 16.9 Å². The lowest BCUT2D eigenvalue weighted by atomic mass is 9.95. The van der Waals surface area contributed by atoms with Gasteiger partial charge in [-0.1, -0.05) is 35.1 Å². The number of amides is 1. The van der Waals surface area contributed by atoms with Crippen molar-refractivity contribution >= 4 is 51.5 Å². The van der Waals surface area contributed by atoms with Crippen LogP contribution in [0.15, 0.2) is 48.0 Å². The summed E-state index contributed by atoms with van der Waals surface area (Å²) in [6, 6.07) is 10.6. The fourth-order valence-corrected chi connectivity index (χ4v) is 5.17. The van der Waals surface area contributed by atoms with Crippen LogP contribution < -0.4 is 9.64 Å². The average Bonchev–Trinajstić information content (AvgIpc) is 3.36. The lowest BCUT2D eigenvalue weighted by Gasteiger charge is -2.23. The van der Waals surface area contributed by atoms with Crippen LogP contribution in [0.5, 0.6) is 5.75 Å². The van der Waals surface area contributed by atoms with E-state index in [0.29, 0.717) is 34.2 Å². The van der Waals surface area contributed by atoms with Gasteiger partial charge in [0.2, 0.25) is 0 Å². The summed E-state index contributed by atoms with van der Waals surface area (Å²) in [5, 5.41) is 11.9. The summed E-state index contributed by atoms with van der Waals surface area (Å²) >= 11 is 7.01. The molecule has 1 aromatic heterocycles. The fraction of sp³-hybridized carbons (Fsp3) is 0.231. The molecular weight excluding hydrogens is 504 g/mol. The summed E-state index contributed by atoms with van der Waals surface area (Å²) < 4.78 is 10.4. The summed E-state index contributed by atoms with van der Waals surface area (Å²) in [5.41, 5.74) is 1.92. The van der Waals surface area contributed by atoms with Gasteiger partial charge in [0.05, 0.1) is 31.0 Å². The van der Waals surface area contributed by atoms with Gasteiger partial charge in [-0.3, -0.25) is 14.5 Å². The summed E-state index contributed by atoms with van der Waals surface area (Å²) in [6.45, 7) is 5.79. The molecule has 186 valence electrons. The van der Waals surface area contributed by atoms with E-state index in [9.17, 15) is 19.5 Å². The van der Waals surface area contributed by atoms with Crippen molar-refractivity contribution in [2.75, 3.05) is 18.6 Å². The number of rotatable bonds is 6. The molecule has 0 bridgehead atoms. The minimum atomic E-state index is -0.995. The van der Waals surface area contributed by atoms with Gasteiger partial charge in [0, 0.05) is 10.6 Å². The number of ketones is 1. The van der Waals surface area contributed by atoms with E-state index in [2.05, 4.69) is 4.98 Å². The van der Waals surface area contributed by atoms with E-state index in [1.807, 2.05) is 13.8 Å². The van der Waals surface area contributed by atoms with Crippen LogP contribution in [0.3, 0.4) is 0 Å². The fourth-order valence-electron chi connectivity index (χ4n) is 4.03. The highest BCUT2D eigenvalue weighted by atomic mass is 35.5. The summed E-state index contributed by atoms with van der Waals surface area (Å²) in [5.74, 6) is -2.02. The van der Waals surface area contributed by atoms with Crippen LogP contribution in [0.4, 0.5) is 5.13 Å². The van der Waals surface area contributed by atoms with Gasteiger partial charge in [0.1, 0.15) is 16.4 Å². The number of carbonyl (C=O) groups is 3. The number of aliphatic hydroxyl groups is 1. The lowest BCUT2D eigenvalue weighted by Crippen LogP contribution is -2.29. The Morgan fingerprint density at radius 3 is 2.47 bits per heavy atom. The van der Waals surface area contributed by atoms with E-state index in [1.54, 1.807) is 49.4 Å². The van der Waals surface area contributed by atoms with Gasteiger partial charge >= 0.3 is 11.9 Å². The maximum atomic E-state index is 13.3. The zero-order chi connectivity index (χ0) is 26.1. The Labute approximate surface area is 216 Å². The Hall–Kier alpha value is -3.69. The largest absolute Gasteiger partial charge is 0.507 e. The number of aromatic nitrogens is 1. The highest BCUT2D eigenvalue weighted by Crippen LogP contribution is 2.44. The smallest absolute Gasteiger partial charge is 0.350 e. The molecule has 1 fully saturated rings. The maximum Gasteiger partial charge on any atom is 0.350 e. The summed E-state index contributed by atoms with van der Waals surface area (Å²) in [6.07, 6.45) is 0. The monoisotopic (exact) mass is 526 g/mol. The predicted molar refractivity (Wildman–Crippen MR) is 137 cm³/mol. The van der Waals surface area contributed by atoms with E-state index in [1.165, 1.54) is 12.0 Å². The number of benzene rings is 2. The SMILES string of the molecule is CCOc1ccc(C(O)=C2C(=O)C(=O)N(c3nc(C)c(C(=O)OC)s3)[C@@H]2c2ccc(Cl)cc2)cc1C. The highest BCUT2D eigenvalue weighted by molar-refractivity contribution is 7.17. The number of methoxy groups -OCH3 is 1. The van der Waals surface area contributed by atoms with Gasteiger partial charge in [-0.15, -0.1) is 0 Å². The third-order valence-electron chi connectivity index (χ3n) is 5.74. The van der Waals surface area contributed by atoms with Gasteiger partial charge < -0.3 is 14.6 Å². The molecule has 0 spiro atoms. The third kappa shape index (κ3) is 4.47. The van der Waals surface area contributed by atoms with Crippen molar-refractivity contribution in [1.29, 1.82) is 0 Å². The zero-order valence-corrected chi connectivity index (χ0v) is 21.6. The van der Waals surface area contributed by atoms with Gasteiger partial charge in [-0.25, -0.2) is 9.78 Å². The van der Waals surface area contributed by atoms with E-state index in [4.69, 9.17) is 21.1 Å². The first kappa shape index (κ1) is 25.4. The number of aliphatic hydroxyl groups excluding tert-OH is 1. The van der Waals surface area contributed by atoms with Crippen molar-refractivity contribution in [3.8, 4) is 5.75 Å². The molecule has 1 atom stereocenters. The molecule has 8 nitrogen and oxygen atoms in total. The molecule has 36 heavy (non-hydrogen) atoms. The van der Waals surface area contributed by atoms with E-state index in [-0.39, 0.29) is 21.3 Å². The highest BCUT2D eigenvalue weighted by Gasteiger charge is 2.48. The number of Topliss-reactive ketones (excluding diaryl/α,β-unsaturated/α-hetero) is 1. The normalized spacial score (nSPS) is 16.9. The molecule has 1 aliphatic rings. The second-order valence-electron chi connectivity index (χ2n) is 8.04. The van der Waals surface area contributed by atoms with Crippen molar-refractivity contribution in [2.45, 2.75) is 26.8 Å². The molecule has 0 radical (unpaired) electrons. The molecule has 0 saturated carbocycles. The lowest BCUT2D eigenvalue weighted by molar-refractivity contribution is -0.132. The second-order valence-corrected chi connectivity index (χ2v) is 9.45. The minimum absolute atomic E-state index is 0.0987. The molecule has 10 heteroatoms. The topological polar surface area (TPSA) is 106 Å². The molecular formula is C26H23ClN2O6S. The number of aryl methyl sites for hydroxylation is 2. The summed E-state index contributed by atoms with van der Waals surface area (Å²) in [7, 11) is 1.25. The van der Waals surface area contributed by atoms with Crippen LogP contribution in [0, 0.1) is 13.8 Å². The van der Waals surface area contributed by atoms with Crippen LogP contribution in [-0.4, -0.2) is 41.5 Å².